The summed E-state index contributed by atoms with van der Waals surface area (Å²) in [5, 5.41) is 18.1. The minimum atomic E-state index is 1.23. The van der Waals surface area contributed by atoms with Gasteiger partial charge in [0, 0.05) is 40.3 Å². The number of thiophene rings is 2. The monoisotopic (exact) mass is 1150 g/mol. The summed E-state index contributed by atoms with van der Waals surface area (Å²) in [5.41, 5.74) is 17.6. The molecule has 0 aliphatic rings. The van der Waals surface area contributed by atoms with Gasteiger partial charge in [0.15, 0.2) is 0 Å². The van der Waals surface area contributed by atoms with Crippen molar-refractivity contribution in [3.05, 3.63) is 328 Å². The first kappa shape index (κ1) is 51.7. The standard InChI is InChI=1S/C44H28S.C42H26S/c1-2-9-29(10-3-1)30-17-19-31(20-18-30)34-25-26-35-28-41(37-11-4-5-12-38(37)42(35)27-34)33-23-21-32(22-24-33)36-14-8-15-40-39-13-6-7-16-43(39)45-44(36)40;1-2-9-30-24-31(21-16-27(30)8-1)32-22-23-33-26-39(35-10-3-4-11-36(35)40(33)25-32)29-19-17-28(18-20-29)34-13-7-14-38-37-12-5-6-15-41(37)43-42(34)38/h1-28H;1-26H. The highest BCUT2D eigenvalue weighted by molar-refractivity contribution is 7.26. The quantitative estimate of drug-likeness (QED) is 0.140. The Balaban J connectivity index is 0.000000137. The number of benzene rings is 16. The molecule has 0 radical (unpaired) electrons. The number of fused-ring (bicyclic) bond motifs is 13. The topological polar surface area (TPSA) is 0 Å². The first-order valence-corrected chi connectivity index (χ1v) is 31.8. The number of hydrogen-bond donors (Lipinski definition) is 0. The van der Waals surface area contributed by atoms with Gasteiger partial charge in [-0.15, -0.1) is 22.7 Å². The SMILES string of the molecule is c1ccc(-c2ccc(-c3ccc4cc(-c5ccc(-c6cccc7c6sc6ccccc67)cc5)c5ccccc5c4c3)cc2)cc1.c1ccc2cc(-c3ccc4cc(-c5ccc(-c6cccc7c6sc6ccccc67)cc5)c5ccccc5c4c3)ccc2c1. The molecule has 0 spiro atoms. The second kappa shape index (κ2) is 21.6. The highest BCUT2D eigenvalue weighted by Crippen LogP contribution is 2.45. The zero-order valence-electron chi connectivity index (χ0n) is 48.0. The molecule has 0 nitrogen and oxygen atoms in total. The molecular weight excluding hydrogens is 1100 g/mol. The van der Waals surface area contributed by atoms with Gasteiger partial charge in [0.25, 0.3) is 0 Å². The summed E-state index contributed by atoms with van der Waals surface area (Å²) in [4.78, 5) is 0. The molecule has 2 heteroatoms. The molecule has 2 aromatic heterocycles. The summed E-state index contributed by atoms with van der Waals surface area (Å²) < 4.78 is 5.39. The van der Waals surface area contributed by atoms with E-state index in [0.29, 0.717) is 0 Å². The maximum Gasteiger partial charge on any atom is 0.0433 e. The Hall–Kier alpha value is -10.7. The summed E-state index contributed by atoms with van der Waals surface area (Å²) in [6.07, 6.45) is 0. The Bertz CT molecular complexity index is 5710. The molecule has 0 aliphatic carbocycles. The molecule has 16 aromatic carbocycles. The highest BCUT2D eigenvalue weighted by atomic mass is 32.1. The number of rotatable bonds is 7. The van der Waals surface area contributed by atoms with E-state index in [2.05, 4.69) is 328 Å². The summed E-state index contributed by atoms with van der Waals surface area (Å²) >= 11 is 3.77. The zero-order chi connectivity index (χ0) is 58.1. The van der Waals surface area contributed by atoms with Crippen LogP contribution in [0.25, 0.3) is 172 Å². The van der Waals surface area contributed by atoms with Crippen molar-refractivity contribution < 1.29 is 0 Å². The largest absolute Gasteiger partial charge is 0.135 e. The van der Waals surface area contributed by atoms with Gasteiger partial charge in [0.05, 0.1) is 0 Å². The van der Waals surface area contributed by atoms with Crippen LogP contribution in [0.3, 0.4) is 0 Å². The van der Waals surface area contributed by atoms with Crippen LogP contribution in [0.4, 0.5) is 0 Å². The van der Waals surface area contributed by atoms with Gasteiger partial charge in [-0.05, 0) is 174 Å². The lowest BCUT2D eigenvalue weighted by atomic mass is 9.90. The van der Waals surface area contributed by atoms with Gasteiger partial charge in [0.1, 0.15) is 0 Å². The molecule has 0 bridgehead atoms. The van der Waals surface area contributed by atoms with Crippen molar-refractivity contribution in [2.45, 2.75) is 0 Å². The Morgan fingerprint density at radius 2 is 0.477 bits per heavy atom. The first-order valence-electron chi connectivity index (χ1n) is 30.2. The van der Waals surface area contributed by atoms with Crippen LogP contribution in [0, 0.1) is 0 Å². The van der Waals surface area contributed by atoms with E-state index in [1.165, 1.54) is 172 Å². The van der Waals surface area contributed by atoms with Crippen LogP contribution < -0.4 is 0 Å². The molecule has 0 saturated carbocycles. The van der Waals surface area contributed by atoms with Crippen LogP contribution in [0.15, 0.2) is 328 Å². The molecule has 0 fully saturated rings. The summed E-state index contributed by atoms with van der Waals surface area (Å²) in [6, 6.07) is 120. The molecule has 0 aliphatic heterocycles. The van der Waals surface area contributed by atoms with Gasteiger partial charge < -0.3 is 0 Å². The average Bonchev–Trinajstić information content (AvgIpc) is 1.41. The maximum atomic E-state index is 2.36. The highest BCUT2D eigenvalue weighted by Gasteiger charge is 2.16. The molecule has 0 atom stereocenters. The van der Waals surface area contributed by atoms with Crippen LogP contribution in [-0.2, 0) is 0 Å². The van der Waals surface area contributed by atoms with Crippen LogP contribution in [0.2, 0.25) is 0 Å². The van der Waals surface area contributed by atoms with Crippen molar-refractivity contribution in [2.24, 2.45) is 0 Å². The minimum absolute atomic E-state index is 1.23. The fourth-order valence-corrected chi connectivity index (χ4v) is 16.0. The lowest BCUT2D eigenvalue weighted by Crippen LogP contribution is -1.87. The second-order valence-corrected chi connectivity index (χ2v) is 25.1. The van der Waals surface area contributed by atoms with Crippen molar-refractivity contribution in [1.29, 1.82) is 0 Å². The molecule has 18 aromatic rings. The van der Waals surface area contributed by atoms with Gasteiger partial charge in [-0.1, -0.05) is 285 Å². The van der Waals surface area contributed by atoms with Crippen LogP contribution in [-0.4, -0.2) is 0 Å². The third kappa shape index (κ3) is 9.13. The van der Waals surface area contributed by atoms with E-state index in [0.717, 1.165) is 0 Å². The predicted molar refractivity (Wildman–Crippen MR) is 384 cm³/mol. The minimum Gasteiger partial charge on any atom is -0.135 e. The van der Waals surface area contributed by atoms with Crippen LogP contribution in [0.5, 0.6) is 0 Å². The smallest absolute Gasteiger partial charge is 0.0433 e. The molecule has 410 valence electrons. The molecule has 2 heterocycles. The van der Waals surface area contributed by atoms with Crippen molar-refractivity contribution >= 4 is 117 Å². The van der Waals surface area contributed by atoms with Gasteiger partial charge in [-0.2, -0.15) is 0 Å². The Morgan fingerprint density at radius 1 is 0.148 bits per heavy atom. The summed E-state index contributed by atoms with van der Waals surface area (Å²) in [7, 11) is 0. The van der Waals surface area contributed by atoms with Gasteiger partial charge in [-0.25, -0.2) is 0 Å². The van der Waals surface area contributed by atoms with E-state index in [-0.39, 0.29) is 0 Å². The molecule has 0 saturated heterocycles. The van der Waals surface area contributed by atoms with E-state index in [1.54, 1.807) is 0 Å². The fourth-order valence-electron chi connectivity index (χ4n) is 13.5. The van der Waals surface area contributed by atoms with Crippen LogP contribution in [0.1, 0.15) is 0 Å². The van der Waals surface area contributed by atoms with E-state index >= 15 is 0 Å². The predicted octanol–water partition coefficient (Wildman–Crippen LogP) is 25.5. The van der Waals surface area contributed by atoms with Crippen molar-refractivity contribution in [3.63, 3.8) is 0 Å². The Labute approximate surface area is 518 Å². The van der Waals surface area contributed by atoms with Crippen molar-refractivity contribution in [3.8, 4) is 77.9 Å². The van der Waals surface area contributed by atoms with E-state index in [9.17, 15) is 0 Å². The summed E-state index contributed by atoms with van der Waals surface area (Å²) in [5.74, 6) is 0. The third-order valence-electron chi connectivity index (χ3n) is 18.0. The lowest BCUT2D eigenvalue weighted by Gasteiger charge is -2.13. The normalized spacial score (nSPS) is 11.6. The zero-order valence-corrected chi connectivity index (χ0v) is 49.6. The fraction of sp³-hybridized carbons (Fsp3) is 0. The molecular formula is C86H54S2. The van der Waals surface area contributed by atoms with E-state index < -0.39 is 0 Å². The first-order chi connectivity index (χ1) is 43.6. The molecule has 0 amide bonds. The summed E-state index contributed by atoms with van der Waals surface area (Å²) in [6.45, 7) is 0. The molecule has 88 heavy (non-hydrogen) atoms. The number of hydrogen-bond acceptors (Lipinski definition) is 2. The second-order valence-electron chi connectivity index (χ2n) is 23.0. The lowest BCUT2D eigenvalue weighted by molar-refractivity contribution is 1.60. The molecule has 0 unspecified atom stereocenters. The van der Waals surface area contributed by atoms with Gasteiger partial charge in [0.2, 0.25) is 0 Å². The van der Waals surface area contributed by atoms with E-state index in [1.807, 2.05) is 22.7 Å². The van der Waals surface area contributed by atoms with Crippen LogP contribution >= 0.6 is 22.7 Å². The van der Waals surface area contributed by atoms with Gasteiger partial charge >= 0.3 is 0 Å². The maximum absolute atomic E-state index is 2.36. The van der Waals surface area contributed by atoms with Gasteiger partial charge in [-0.3, -0.25) is 0 Å². The van der Waals surface area contributed by atoms with Crippen molar-refractivity contribution in [1.82, 2.24) is 0 Å². The van der Waals surface area contributed by atoms with Crippen molar-refractivity contribution in [2.75, 3.05) is 0 Å². The average molecular weight is 1150 g/mol. The third-order valence-corrected chi connectivity index (χ3v) is 20.4. The Morgan fingerprint density at radius 3 is 0.977 bits per heavy atom. The molecule has 0 N–H and O–H groups in total. The van der Waals surface area contributed by atoms with E-state index in [4.69, 9.17) is 0 Å². The molecule has 18 rings (SSSR count). The Kier molecular flexibility index (Phi) is 12.7.